The van der Waals surface area contributed by atoms with Crippen LogP contribution in [0.3, 0.4) is 0 Å². The number of amides is 1. The number of esters is 1. The van der Waals surface area contributed by atoms with Gasteiger partial charge >= 0.3 is 24.0 Å². The Labute approximate surface area is 102 Å². The van der Waals surface area contributed by atoms with Crippen LogP contribution in [0.15, 0.2) is 0 Å². The van der Waals surface area contributed by atoms with Crippen molar-refractivity contribution in [3.05, 3.63) is 0 Å². The van der Waals surface area contributed by atoms with Crippen molar-refractivity contribution >= 4 is 17.8 Å². The van der Waals surface area contributed by atoms with Crippen molar-refractivity contribution in [2.24, 2.45) is 0 Å². The third kappa shape index (κ3) is 6.06. The second kappa shape index (κ2) is 6.22. The van der Waals surface area contributed by atoms with E-state index in [4.69, 9.17) is 6.48 Å². The third-order valence-corrected chi connectivity index (χ3v) is 1.46. The molecule has 0 saturated heterocycles. The van der Waals surface area contributed by atoms with E-state index in [1.165, 1.54) is 13.8 Å². The molecule has 104 valence electrons. The van der Waals surface area contributed by atoms with Gasteiger partial charge < -0.3 is 15.2 Å². The van der Waals surface area contributed by atoms with Crippen molar-refractivity contribution in [3.8, 4) is 0 Å². The maximum atomic E-state index is 12.0. The second-order valence-electron chi connectivity index (χ2n) is 3.44. The standard InChI is InChI=1S/C9H12F3NO5/c1-4(2)18-7(16)5(3-6(14)15)13-8(17)9(10,11)12/h4-5H,3H2,1-2H3,(H,13,17)(H,14,15)/t5-/m0/s1/i3D/t3-,5+/m1. The Morgan fingerprint density at radius 2 is 1.89 bits per heavy atom. The van der Waals surface area contributed by atoms with Crippen LogP contribution in [0.2, 0.25) is 0 Å². The van der Waals surface area contributed by atoms with E-state index in [-0.39, 0.29) is 0 Å². The number of hydrogen-bond acceptors (Lipinski definition) is 4. The quantitative estimate of drug-likeness (QED) is 0.709. The maximum absolute atomic E-state index is 12.0. The van der Waals surface area contributed by atoms with Crippen LogP contribution in [-0.4, -0.2) is 41.3 Å². The molecule has 0 fully saturated rings. The lowest BCUT2D eigenvalue weighted by atomic mass is 10.2. The molecule has 0 spiro atoms. The smallest absolute Gasteiger partial charge is 0.471 e. The van der Waals surface area contributed by atoms with E-state index in [0.717, 1.165) is 5.32 Å². The largest absolute Gasteiger partial charge is 0.481 e. The summed E-state index contributed by atoms with van der Waals surface area (Å²) in [6.45, 7) is 2.75. The molecule has 2 N–H and O–H groups in total. The molecule has 6 nitrogen and oxygen atoms in total. The molecule has 0 radical (unpaired) electrons. The number of alkyl halides is 3. The van der Waals surface area contributed by atoms with Gasteiger partial charge in [0.25, 0.3) is 0 Å². The maximum Gasteiger partial charge on any atom is 0.471 e. The molecular formula is C9H12F3NO5. The number of carbonyl (C=O) groups excluding carboxylic acids is 2. The normalized spacial score (nSPS) is 15.6. The lowest BCUT2D eigenvalue weighted by molar-refractivity contribution is -0.176. The fraction of sp³-hybridized carbons (Fsp3) is 0.667. The van der Waals surface area contributed by atoms with E-state index >= 15 is 0 Å². The molecule has 0 heterocycles. The lowest BCUT2D eigenvalue weighted by Crippen LogP contribution is -2.48. The number of carbonyl (C=O) groups is 3. The summed E-state index contributed by atoms with van der Waals surface area (Å²) in [4.78, 5) is 32.6. The molecule has 18 heavy (non-hydrogen) atoms. The molecule has 0 aliphatic heterocycles. The van der Waals surface area contributed by atoms with Crippen molar-refractivity contribution in [3.63, 3.8) is 0 Å². The summed E-state index contributed by atoms with van der Waals surface area (Å²) in [7, 11) is 0. The summed E-state index contributed by atoms with van der Waals surface area (Å²) in [6, 6.07) is -2.24. The molecule has 0 rings (SSSR count). The number of halogens is 3. The average molecular weight is 272 g/mol. The summed E-state index contributed by atoms with van der Waals surface area (Å²) < 4.78 is 47.6. The highest BCUT2D eigenvalue weighted by molar-refractivity contribution is 5.89. The molecule has 1 amide bonds. The van der Waals surface area contributed by atoms with E-state index in [1.807, 2.05) is 0 Å². The minimum absolute atomic E-state index is 0.737. The SMILES string of the molecule is [2H][C@@H](C(=O)O)[C@H](NC(=O)C(F)(F)F)C(=O)OC(C)C. The molecule has 0 unspecified atom stereocenters. The van der Waals surface area contributed by atoms with Crippen LogP contribution in [0, 0.1) is 0 Å². The number of ether oxygens (including phenoxy) is 1. The highest BCUT2D eigenvalue weighted by atomic mass is 19.4. The van der Waals surface area contributed by atoms with Gasteiger partial charge in [-0.25, -0.2) is 4.79 Å². The molecule has 0 bridgehead atoms. The first kappa shape index (κ1) is 14.3. The number of aliphatic carboxylic acids is 1. The fourth-order valence-electron chi connectivity index (χ4n) is 0.840. The number of nitrogens with one attached hydrogen (secondary N) is 1. The Kier molecular flexibility index (Phi) is 4.93. The van der Waals surface area contributed by atoms with Crippen LogP contribution < -0.4 is 5.32 Å². The zero-order valence-corrected chi connectivity index (χ0v) is 9.45. The predicted molar refractivity (Wildman–Crippen MR) is 51.5 cm³/mol. The van der Waals surface area contributed by atoms with Crippen molar-refractivity contribution in [1.82, 2.24) is 5.32 Å². The van der Waals surface area contributed by atoms with E-state index in [0.29, 0.717) is 0 Å². The van der Waals surface area contributed by atoms with Gasteiger partial charge in [-0.3, -0.25) is 9.59 Å². The highest BCUT2D eigenvalue weighted by Gasteiger charge is 2.41. The van der Waals surface area contributed by atoms with Crippen LogP contribution in [0.1, 0.15) is 21.6 Å². The lowest BCUT2D eigenvalue weighted by Gasteiger charge is -2.18. The Hall–Kier alpha value is -1.80. The minimum atomic E-state index is -5.30. The predicted octanol–water partition coefficient (Wildman–Crippen LogP) is 0.460. The van der Waals surface area contributed by atoms with Gasteiger partial charge in [0.2, 0.25) is 0 Å². The van der Waals surface area contributed by atoms with Gasteiger partial charge in [-0.2, -0.15) is 13.2 Å². The molecule has 0 aromatic carbocycles. The van der Waals surface area contributed by atoms with Crippen LogP contribution >= 0.6 is 0 Å². The fourth-order valence-corrected chi connectivity index (χ4v) is 0.840. The van der Waals surface area contributed by atoms with Crippen LogP contribution in [0.5, 0.6) is 0 Å². The monoisotopic (exact) mass is 272 g/mol. The Balaban J connectivity index is 5.03. The average Bonchev–Trinajstić information content (AvgIpc) is 2.21. The summed E-state index contributed by atoms with van der Waals surface area (Å²) in [5.41, 5.74) is 0. The van der Waals surface area contributed by atoms with Gasteiger partial charge in [-0.1, -0.05) is 0 Å². The van der Waals surface area contributed by atoms with Crippen LogP contribution in [0.25, 0.3) is 0 Å². The van der Waals surface area contributed by atoms with E-state index in [9.17, 15) is 27.6 Å². The number of carboxylic acid groups (broad SMARTS) is 1. The first-order valence-corrected chi connectivity index (χ1v) is 4.70. The van der Waals surface area contributed by atoms with Crippen molar-refractivity contribution in [2.75, 3.05) is 0 Å². The molecule has 0 aliphatic rings. The summed E-state index contributed by atoms with van der Waals surface area (Å²) >= 11 is 0. The number of carboxylic acids is 1. The van der Waals surface area contributed by atoms with Gasteiger partial charge in [0, 0.05) is 1.37 Å². The summed E-state index contributed by atoms with van der Waals surface area (Å²) in [5.74, 6) is -5.81. The highest BCUT2D eigenvalue weighted by Crippen LogP contribution is 2.15. The van der Waals surface area contributed by atoms with Gasteiger partial charge in [-0.15, -0.1) is 0 Å². The summed E-state index contributed by atoms with van der Waals surface area (Å²) in [5, 5.41) is 9.66. The van der Waals surface area contributed by atoms with Crippen LogP contribution in [0.4, 0.5) is 13.2 Å². The van der Waals surface area contributed by atoms with Gasteiger partial charge in [-0.05, 0) is 13.8 Å². The van der Waals surface area contributed by atoms with Crippen molar-refractivity contribution in [1.29, 1.82) is 0 Å². The van der Waals surface area contributed by atoms with Gasteiger partial charge in [0.1, 0.15) is 6.04 Å². The molecule has 2 atom stereocenters. The second-order valence-corrected chi connectivity index (χ2v) is 3.44. The number of hydrogen-bond donors (Lipinski definition) is 2. The molecule has 0 aromatic heterocycles. The first-order valence-electron chi connectivity index (χ1n) is 5.27. The molecule has 0 aliphatic carbocycles. The van der Waals surface area contributed by atoms with E-state index < -0.39 is 42.6 Å². The van der Waals surface area contributed by atoms with Crippen molar-refractivity contribution < 1.29 is 38.8 Å². The Morgan fingerprint density at radius 1 is 1.39 bits per heavy atom. The third-order valence-electron chi connectivity index (χ3n) is 1.46. The molecule has 0 saturated carbocycles. The van der Waals surface area contributed by atoms with E-state index in [2.05, 4.69) is 4.74 Å². The van der Waals surface area contributed by atoms with Crippen molar-refractivity contribution in [2.45, 2.75) is 38.6 Å². The Bertz CT molecular complexity index is 371. The van der Waals surface area contributed by atoms with E-state index in [1.54, 1.807) is 0 Å². The topological polar surface area (TPSA) is 92.7 Å². The van der Waals surface area contributed by atoms with Gasteiger partial charge in [0.05, 0.1) is 12.5 Å². The zero-order valence-electron chi connectivity index (χ0n) is 10.4. The summed E-state index contributed by atoms with van der Waals surface area (Å²) in [6.07, 6.45) is -8.34. The zero-order chi connectivity index (χ0) is 15.4. The minimum Gasteiger partial charge on any atom is -0.481 e. The van der Waals surface area contributed by atoms with Crippen LogP contribution in [-0.2, 0) is 19.1 Å². The molecule has 9 heteroatoms. The first-order chi connectivity index (χ1) is 8.46. The molecule has 0 aromatic rings. The number of rotatable bonds is 5. The van der Waals surface area contributed by atoms with Gasteiger partial charge in [0.15, 0.2) is 0 Å². The molecular weight excluding hydrogens is 259 g/mol. The Morgan fingerprint density at radius 3 is 2.22 bits per heavy atom.